The average Bonchev–Trinajstić information content (AvgIpc) is 3.39. The van der Waals surface area contributed by atoms with Crippen molar-refractivity contribution in [3.05, 3.63) is 113 Å². The van der Waals surface area contributed by atoms with Crippen molar-refractivity contribution >= 4 is 34.2 Å². The third kappa shape index (κ3) is 4.61. The van der Waals surface area contributed by atoms with Crippen LogP contribution in [-0.4, -0.2) is 69.5 Å². The Morgan fingerprint density at radius 1 is 0.841 bits per heavy atom. The van der Waals surface area contributed by atoms with Crippen LogP contribution in [0.15, 0.2) is 84.9 Å². The van der Waals surface area contributed by atoms with Crippen molar-refractivity contribution in [2.45, 2.75) is 50.5 Å². The van der Waals surface area contributed by atoms with Crippen LogP contribution < -0.4 is 4.90 Å². The van der Waals surface area contributed by atoms with Crippen LogP contribution in [0.5, 0.6) is 0 Å². The largest absolute Gasteiger partial charge is 0.391 e. The number of anilines is 1. The second kappa shape index (κ2) is 11.0. The number of amides is 3. The summed E-state index contributed by atoms with van der Waals surface area (Å²) in [6.07, 6.45) is -0.133. The highest BCUT2D eigenvalue weighted by atomic mass is 16.3. The molecule has 7 rings (SSSR count). The zero-order valence-electron chi connectivity index (χ0n) is 24.6. The Morgan fingerprint density at radius 2 is 1.48 bits per heavy atom. The fourth-order valence-corrected chi connectivity index (χ4v) is 7.37. The number of nitrogens with zero attached hydrogens (tertiary/aromatic N) is 3. The molecule has 0 bridgehead atoms. The monoisotopic (exact) mass is 589 g/mol. The van der Waals surface area contributed by atoms with Crippen LogP contribution in [0.4, 0.5) is 5.69 Å². The molecule has 3 amide bonds. The Kier molecular flexibility index (Phi) is 7.08. The highest BCUT2D eigenvalue weighted by Crippen LogP contribution is 2.45. The van der Waals surface area contributed by atoms with Gasteiger partial charge in [-0.2, -0.15) is 0 Å². The Balaban J connectivity index is 1.06. The van der Waals surface area contributed by atoms with Crippen molar-refractivity contribution in [2.24, 2.45) is 0 Å². The Bertz CT molecular complexity index is 1760. The van der Waals surface area contributed by atoms with Gasteiger partial charge in [0.15, 0.2) is 5.60 Å². The third-order valence-electron chi connectivity index (χ3n) is 9.50. The van der Waals surface area contributed by atoms with Gasteiger partial charge in [-0.3, -0.25) is 24.2 Å². The molecule has 3 heterocycles. The molecular weight excluding hydrogens is 554 g/mol. The number of carbonyl (C=O) groups excluding carboxylic acids is 3. The number of para-hydroxylation sites is 1. The molecule has 3 aliphatic heterocycles. The second-order valence-corrected chi connectivity index (χ2v) is 12.3. The van der Waals surface area contributed by atoms with Crippen LogP contribution in [0.2, 0.25) is 0 Å². The maximum Gasteiger partial charge on any atom is 0.264 e. The maximum atomic E-state index is 14.0. The van der Waals surface area contributed by atoms with Crippen molar-refractivity contribution in [3.8, 4) is 0 Å². The molecule has 4 aromatic carbocycles. The summed E-state index contributed by atoms with van der Waals surface area (Å²) in [6, 6.07) is 26.4. The number of aryl methyl sites for hydroxylation is 1. The smallest absolute Gasteiger partial charge is 0.264 e. The third-order valence-corrected chi connectivity index (χ3v) is 9.50. The number of hydrogen-bond acceptors (Lipinski definition) is 6. The van der Waals surface area contributed by atoms with Crippen LogP contribution in [0, 0.1) is 6.92 Å². The zero-order valence-corrected chi connectivity index (χ0v) is 24.6. The van der Waals surface area contributed by atoms with Gasteiger partial charge in [-0.25, -0.2) is 0 Å². The molecule has 0 radical (unpaired) electrons. The van der Waals surface area contributed by atoms with E-state index < -0.39 is 29.4 Å². The summed E-state index contributed by atoms with van der Waals surface area (Å²) in [4.78, 5) is 44.9. The predicted molar refractivity (Wildman–Crippen MR) is 167 cm³/mol. The van der Waals surface area contributed by atoms with Gasteiger partial charge in [0.25, 0.3) is 17.7 Å². The van der Waals surface area contributed by atoms with Crippen molar-refractivity contribution in [1.29, 1.82) is 0 Å². The molecule has 1 saturated heterocycles. The van der Waals surface area contributed by atoms with E-state index >= 15 is 0 Å². The molecule has 2 N–H and O–H groups in total. The summed E-state index contributed by atoms with van der Waals surface area (Å²) in [5.74, 6) is -1.44. The first-order valence-corrected chi connectivity index (χ1v) is 15.2. The first kappa shape index (κ1) is 28.4. The van der Waals surface area contributed by atoms with Gasteiger partial charge < -0.3 is 15.1 Å². The minimum atomic E-state index is -1.97. The van der Waals surface area contributed by atoms with Crippen molar-refractivity contribution in [1.82, 2.24) is 9.80 Å². The number of benzene rings is 4. The lowest BCUT2D eigenvalue weighted by molar-refractivity contribution is -0.140. The maximum absolute atomic E-state index is 14.0. The number of likely N-dealkylation sites (tertiary alicyclic amines) is 1. The molecular formula is C36H35N3O5. The van der Waals surface area contributed by atoms with Crippen LogP contribution in [0.25, 0.3) is 10.8 Å². The molecule has 3 aliphatic rings. The minimum absolute atomic E-state index is 0.100. The summed E-state index contributed by atoms with van der Waals surface area (Å²) in [6.45, 7) is 4.27. The molecule has 8 nitrogen and oxygen atoms in total. The van der Waals surface area contributed by atoms with E-state index in [1.165, 1.54) is 21.9 Å². The lowest BCUT2D eigenvalue weighted by atomic mass is 9.89. The first-order valence-electron chi connectivity index (χ1n) is 15.2. The van der Waals surface area contributed by atoms with E-state index in [0.29, 0.717) is 22.4 Å². The Morgan fingerprint density at radius 3 is 2.18 bits per heavy atom. The van der Waals surface area contributed by atoms with E-state index in [1.807, 2.05) is 12.1 Å². The second-order valence-electron chi connectivity index (χ2n) is 12.3. The van der Waals surface area contributed by atoms with E-state index in [-0.39, 0.29) is 19.0 Å². The molecule has 0 aromatic heterocycles. The van der Waals surface area contributed by atoms with Gasteiger partial charge in [-0.15, -0.1) is 0 Å². The molecule has 224 valence electrons. The van der Waals surface area contributed by atoms with E-state index in [9.17, 15) is 24.6 Å². The number of fused-ring (bicyclic) bond motifs is 3. The SMILES string of the molecule is Cc1cccc2cccc(CN3CCC(N4C(=O)C(O)(CC(O)CN5C(=O)c6ccccc6C5=O)c5ccccc54)CC3)c12. The fraction of sp³-hybridized carbons (Fsp3) is 0.306. The van der Waals surface area contributed by atoms with Gasteiger partial charge in [-0.05, 0) is 59.9 Å². The summed E-state index contributed by atoms with van der Waals surface area (Å²) in [7, 11) is 0. The molecule has 1 fully saturated rings. The summed E-state index contributed by atoms with van der Waals surface area (Å²) in [5.41, 5.74) is 2.26. The average molecular weight is 590 g/mol. The van der Waals surface area contributed by atoms with Gasteiger partial charge in [0.2, 0.25) is 0 Å². The summed E-state index contributed by atoms with van der Waals surface area (Å²) in [5, 5.41) is 25.5. The predicted octanol–water partition coefficient (Wildman–Crippen LogP) is 4.39. The lowest BCUT2D eigenvalue weighted by Gasteiger charge is -2.38. The van der Waals surface area contributed by atoms with Crippen molar-refractivity contribution in [3.63, 3.8) is 0 Å². The number of piperidine rings is 1. The highest BCUT2D eigenvalue weighted by molar-refractivity contribution is 6.21. The normalized spacial score (nSPS) is 21.3. The highest BCUT2D eigenvalue weighted by Gasteiger charge is 2.53. The fourth-order valence-electron chi connectivity index (χ4n) is 7.37. The molecule has 0 spiro atoms. The van der Waals surface area contributed by atoms with Crippen LogP contribution in [-0.2, 0) is 16.9 Å². The number of β-amino-alcohol motifs (C(OH)–C–C–N with tert-alkyl or cyclic N) is 1. The topological polar surface area (TPSA) is 101 Å². The number of rotatable bonds is 7. The number of carbonyl (C=O) groups is 3. The quantitative estimate of drug-likeness (QED) is 0.310. The van der Waals surface area contributed by atoms with Crippen molar-refractivity contribution < 1.29 is 24.6 Å². The molecule has 4 aromatic rings. The van der Waals surface area contributed by atoms with Gasteiger partial charge in [0.05, 0.1) is 29.5 Å². The first-order chi connectivity index (χ1) is 21.3. The van der Waals surface area contributed by atoms with E-state index in [2.05, 4.69) is 48.2 Å². The molecule has 0 saturated carbocycles. The summed E-state index contributed by atoms with van der Waals surface area (Å²) >= 11 is 0. The van der Waals surface area contributed by atoms with E-state index in [0.717, 1.165) is 37.4 Å². The lowest BCUT2D eigenvalue weighted by Crippen LogP contribution is -2.51. The minimum Gasteiger partial charge on any atom is -0.391 e. The molecule has 8 heteroatoms. The number of hydrogen-bond donors (Lipinski definition) is 2. The van der Waals surface area contributed by atoms with Gasteiger partial charge >= 0.3 is 0 Å². The van der Waals surface area contributed by atoms with Crippen LogP contribution in [0.1, 0.15) is 56.7 Å². The van der Waals surface area contributed by atoms with Crippen molar-refractivity contribution in [2.75, 3.05) is 24.5 Å². The molecule has 2 atom stereocenters. The van der Waals surface area contributed by atoms with Gasteiger partial charge in [-0.1, -0.05) is 66.7 Å². The number of aliphatic hydroxyl groups is 2. The number of aliphatic hydroxyl groups excluding tert-OH is 1. The van der Waals surface area contributed by atoms with Crippen LogP contribution >= 0.6 is 0 Å². The Hall–Kier alpha value is -4.37. The van der Waals surface area contributed by atoms with Gasteiger partial charge in [0, 0.05) is 37.7 Å². The zero-order chi connectivity index (χ0) is 30.6. The number of imide groups is 1. The van der Waals surface area contributed by atoms with E-state index in [1.54, 1.807) is 41.3 Å². The standard InChI is InChI=1S/C36H35N3O5/c1-23-8-6-9-24-10-7-11-25(32(23)24)21-37-18-16-26(17-19-37)39-31-15-5-4-14-30(31)36(44,35(39)43)20-27(40)22-38-33(41)28-12-2-3-13-29(28)34(38)42/h2-15,26-27,40,44H,16-22H2,1H3. The molecule has 44 heavy (non-hydrogen) atoms. The molecule has 2 unspecified atom stereocenters. The van der Waals surface area contributed by atoms with Crippen LogP contribution in [0.3, 0.4) is 0 Å². The van der Waals surface area contributed by atoms with Gasteiger partial charge in [0.1, 0.15) is 0 Å². The van der Waals surface area contributed by atoms with E-state index in [4.69, 9.17) is 0 Å². The molecule has 0 aliphatic carbocycles. The summed E-state index contributed by atoms with van der Waals surface area (Å²) < 4.78 is 0. The Labute approximate surface area is 256 Å².